The second-order valence-electron chi connectivity index (χ2n) is 8.23. The van der Waals surface area contributed by atoms with Crippen molar-refractivity contribution in [1.82, 2.24) is 24.2 Å². The van der Waals surface area contributed by atoms with Gasteiger partial charge in [-0.2, -0.15) is 4.31 Å². The summed E-state index contributed by atoms with van der Waals surface area (Å²) < 4.78 is 32.8. The molecular formula is C19H33N5O4S. The zero-order valence-corrected chi connectivity index (χ0v) is 18.7. The van der Waals surface area contributed by atoms with E-state index in [9.17, 15) is 13.2 Å². The molecule has 2 amide bonds. The third kappa shape index (κ3) is 4.75. The fourth-order valence-corrected chi connectivity index (χ4v) is 6.06. The Balaban J connectivity index is 1.71. The number of carbonyl (C=O) groups is 1. The number of amides is 2. The summed E-state index contributed by atoms with van der Waals surface area (Å²) in [5.41, 5.74) is 0.372. The van der Waals surface area contributed by atoms with E-state index in [4.69, 9.17) is 4.52 Å². The Morgan fingerprint density at radius 3 is 2.45 bits per heavy atom. The summed E-state index contributed by atoms with van der Waals surface area (Å²) in [6, 6.07) is -0.200. The molecular weight excluding hydrogens is 394 g/mol. The van der Waals surface area contributed by atoms with Gasteiger partial charge in [-0.05, 0) is 46.2 Å². The fraction of sp³-hybridized carbons (Fsp3) is 0.789. The predicted octanol–water partition coefficient (Wildman–Crippen LogP) is 1.52. The summed E-state index contributed by atoms with van der Waals surface area (Å²) >= 11 is 0. The molecule has 0 N–H and O–H groups in total. The van der Waals surface area contributed by atoms with Gasteiger partial charge in [-0.1, -0.05) is 11.6 Å². The molecule has 0 spiro atoms. The molecule has 164 valence electrons. The molecule has 0 saturated carbocycles. The Morgan fingerprint density at radius 1 is 1.17 bits per heavy atom. The second-order valence-corrected chi connectivity index (χ2v) is 10.1. The third-order valence-corrected chi connectivity index (χ3v) is 7.98. The van der Waals surface area contributed by atoms with E-state index >= 15 is 0 Å². The van der Waals surface area contributed by atoms with Crippen LogP contribution in [0.5, 0.6) is 0 Å². The van der Waals surface area contributed by atoms with E-state index in [0.29, 0.717) is 37.5 Å². The van der Waals surface area contributed by atoms with Crippen molar-refractivity contribution in [2.45, 2.75) is 50.5 Å². The van der Waals surface area contributed by atoms with Crippen LogP contribution in [0.1, 0.15) is 37.1 Å². The van der Waals surface area contributed by atoms with Crippen LogP contribution < -0.4 is 0 Å². The minimum absolute atomic E-state index is 0.0661. The Morgan fingerprint density at radius 2 is 1.86 bits per heavy atom. The molecule has 0 aliphatic carbocycles. The maximum Gasteiger partial charge on any atom is 0.319 e. The number of rotatable bonds is 6. The van der Waals surface area contributed by atoms with E-state index in [0.717, 1.165) is 19.6 Å². The number of aromatic nitrogens is 1. The number of hydrogen-bond acceptors (Lipinski definition) is 6. The molecule has 1 aromatic rings. The largest absolute Gasteiger partial charge is 0.360 e. The number of aryl methyl sites for hydroxylation is 2. The van der Waals surface area contributed by atoms with Gasteiger partial charge in [0.25, 0.3) is 0 Å². The van der Waals surface area contributed by atoms with Crippen LogP contribution in [0.3, 0.4) is 0 Å². The van der Waals surface area contributed by atoms with Crippen molar-refractivity contribution in [3.05, 3.63) is 11.5 Å². The molecule has 10 heteroatoms. The number of nitrogens with zero attached hydrogens (tertiary/aromatic N) is 5. The molecule has 2 fully saturated rings. The first-order chi connectivity index (χ1) is 13.7. The summed E-state index contributed by atoms with van der Waals surface area (Å²) in [6.45, 7) is 7.51. The first-order valence-corrected chi connectivity index (χ1v) is 11.8. The van der Waals surface area contributed by atoms with E-state index in [1.54, 1.807) is 32.8 Å². The smallest absolute Gasteiger partial charge is 0.319 e. The van der Waals surface area contributed by atoms with E-state index in [-0.39, 0.29) is 17.0 Å². The SMILES string of the molecule is Cc1noc(C)c1S(=O)(=O)N1CCC(N(CCN2CCCCC2)C(=O)N(C)C)C1. The van der Waals surface area contributed by atoms with Crippen LogP contribution in [0.15, 0.2) is 9.42 Å². The number of sulfonamides is 1. The molecule has 2 aliphatic heterocycles. The zero-order chi connectivity index (χ0) is 21.2. The van der Waals surface area contributed by atoms with Gasteiger partial charge in [0, 0.05) is 46.3 Å². The standard InChI is InChI=1S/C19H33N5O4S/c1-15-18(16(2)28-20-15)29(26,27)23-11-8-17(14-23)24(19(25)21(3)4)13-12-22-9-6-5-7-10-22/h17H,5-14H2,1-4H3. The lowest BCUT2D eigenvalue weighted by atomic mass is 10.1. The molecule has 1 unspecified atom stereocenters. The van der Waals surface area contributed by atoms with E-state index in [1.807, 2.05) is 4.90 Å². The molecule has 1 atom stereocenters. The van der Waals surface area contributed by atoms with Gasteiger partial charge < -0.3 is 19.2 Å². The molecule has 3 rings (SSSR count). The summed E-state index contributed by atoms with van der Waals surface area (Å²) in [5, 5.41) is 3.78. The monoisotopic (exact) mass is 427 g/mol. The van der Waals surface area contributed by atoms with E-state index in [2.05, 4.69) is 10.1 Å². The van der Waals surface area contributed by atoms with Crippen LogP contribution in [0.25, 0.3) is 0 Å². The fourth-order valence-electron chi connectivity index (χ4n) is 4.28. The topological polar surface area (TPSA) is 90.2 Å². The summed E-state index contributed by atoms with van der Waals surface area (Å²) in [7, 11) is -0.210. The van der Waals surface area contributed by atoms with Crippen LogP contribution in [0.4, 0.5) is 4.79 Å². The average Bonchev–Trinajstić information content (AvgIpc) is 3.30. The average molecular weight is 428 g/mol. The summed E-state index contributed by atoms with van der Waals surface area (Å²) in [6.07, 6.45) is 4.30. The van der Waals surface area contributed by atoms with Crippen LogP contribution in [0, 0.1) is 13.8 Å². The number of urea groups is 1. The highest BCUT2D eigenvalue weighted by molar-refractivity contribution is 7.89. The van der Waals surface area contributed by atoms with Crippen molar-refractivity contribution < 1.29 is 17.7 Å². The van der Waals surface area contributed by atoms with Gasteiger partial charge in [-0.25, -0.2) is 13.2 Å². The van der Waals surface area contributed by atoms with Gasteiger partial charge in [0.05, 0.1) is 0 Å². The lowest BCUT2D eigenvalue weighted by Gasteiger charge is -2.34. The first-order valence-electron chi connectivity index (χ1n) is 10.3. The normalized spacial score (nSPS) is 21.4. The highest BCUT2D eigenvalue weighted by atomic mass is 32.2. The second kappa shape index (κ2) is 9.01. The minimum Gasteiger partial charge on any atom is -0.360 e. The van der Waals surface area contributed by atoms with Crippen LogP contribution in [-0.2, 0) is 10.0 Å². The van der Waals surface area contributed by atoms with Gasteiger partial charge in [0.2, 0.25) is 10.0 Å². The number of carbonyl (C=O) groups excluding carboxylic acids is 1. The molecule has 0 bridgehead atoms. The van der Waals surface area contributed by atoms with E-state index < -0.39 is 10.0 Å². The van der Waals surface area contributed by atoms with Crippen LogP contribution in [-0.4, -0.2) is 98.0 Å². The van der Waals surface area contributed by atoms with Crippen molar-refractivity contribution in [3.8, 4) is 0 Å². The third-order valence-electron chi connectivity index (χ3n) is 5.87. The molecule has 0 aromatic carbocycles. The number of hydrogen-bond donors (Lipinski definition) is 0. The molecule has 1 aromatic heterocycles. The molecule has 2 aliphatic rings. The van der Waals surface area contributed by atoms with Crippen LogP contribution >= 0.6 is 0 Å². The van der Waals surface area contributed by atoms with Crippen molar-refractivity contribution in [2.75, 3.05) is 53.4 Å². The Kier molecular flexibility index (Phi) is 6.85. The zero-order valence-electron chi connectivity index (χ0n) is 17.9. The first kappa shape index (κ1) is 22.0. The molecule has 3 heterocycles. The van der Waals surface area contributed by atoms with Crippen molar-refractivity contribution in [1.29, 1.82) is 0 Å². The van der Waals surface area contributed by atoms with Gasteiger partial charge in [0.1, 0.15) is 10.6 Å². The highest BCUT2D eigenvalue weighted by Gasteiger charge is 2.39. The quantitative estimate of drug-likeness (QED) is 0.684. The Labute approximate surface area is 173 Å². The Bertz CT molecular complexity index is 797. The predicted molar refractivity (Wildman–Crippen MR) is 109 cm³/mol. The van der Waals surface area contributed by atoms with Crippen molar-refractivity contribution in [3.63, 3.8) is 0 Å². The van der Waals surface area contributed by atoms with Gasteiger partial charge in [-0.3, -0.25) is 0 Å². The summed E-state index contributed by atoms with van der Waals surface area (Å²) in [4.78, 5) is 18.8. The molecule has 9 nitrogen and oxygen atoms in total. The molecule has 29 heavy (non-hydrogen) atoms. The summed E-state index contributed by atoms with van der Waals surface area (Å²) in [5.74, 6) is 0.303. The molecule has 0 radical (unpaired) electrons. The Hall–Kier alpha value is -1.65. The maximum absolute atomic E-state index is 13.1. The van der Waals surface area contributed by atoms with E-state index in [1.165, 1.54) is 23.6 Å². The number of piperidine rings is 1. The lowest BCUT2D eigenvalue weighted by molar-refractivity contribution is 0.134. The van der Waals surface area contributed by atoms with Crippen molar-refractivity contribution in [2.24, 2.45) is 0 Å². The lowest BCUT2D eigenvalue weighted by Crippen LogP contribution is -2.50. The maximum atomic E-state index is 13.1. The van der Waals surface area contributed by atoms with Gasteiger partial charge >= 0.3 is 6.03 Å². The number of likely N-dealkylation sites (tertiary alicyclic amines) is 1. The highest BCUT2D eigenvalue weighted by Crippen LogP contribution is 2.28. The van der Waals surface area contributed by atoms with Crippen molar-refractivity contribution >= 4 is 16.1 Å². The van der Waals surface area contributed by atoms with Gasteiger partial charge in [-0.15, -0.1) is 0 Å². The van der Waals surface area contributed by atoms with Gasteiger partial charge in [0.15, 0.2) is 5.76 Å². The molecule has 2 saturated heterocycles. The van der Waals surface area contributed by atoms with Crippen LogP contribution in [0.2, 0.25) is 0 Å². The minimum atomic E-state index is -3.69.